The quantitative estimate of drug-likeness (QED) is 0.893. The summed E-state index contributed by atoms with van der Waals surface area (Å²) in [6, 6.07) is 12.1. The number of aliphatic hydroxyl groups excluding tert-OH is 1. The Bertz CT molecular complexity index is 576. The number of hydrogen-bond donors (Lipinski definition) is 2. The summed E-state index contributed by atoms with van der Waals surface area (Å²) in [5.41, 5.74) is 2.55. The van der Waals surface area contributed by atoms with E-state index >= 15 is 0 Å². The molecule has 0 bridgehead atoms. The van der Waals surface area contributed by atoms with Crippen LogP contribution in [0.5, 0.6) is 0 Å². The van der Waals surface area contributed by atoms with Crippen LogP contribution in [0.3, 0.4) is 0 Å². The number of aromatic carboxylic acids is 1. The highest BCUT2D eigenvalue weighted by Crippen LogP contribution is 2.25. The van der Waals surface area contributed by atoms with Crippen LogP contribution in [0, 0.1) is 0 Å². The Labute approximate surface area is 109 Å². The number of carboxylic acids is 1. The highest BCUT2D eigenvalue weighted by Gasteiger charge is 2.10. The van der Waals surface area contributed by atoms with Crippen LogP contribution in [0.25, 0.3) is 11.1 Å². The molecule has 0 aromatic heterocycles. The van der Waals surface area contributed by atoms with E-state index in [2.05, 4.69) is 0 Å². The van der Waals surface area contributed by atoms with E-state index in [0.29, 0.717) is 0 Å². The van der Waals surface area contributed by atoms with Gasteiger partial charge in [0.25, 0.3) is 0 Å². The van der Waals surface area contributed by atoms with Gasteiger partial charge in [0.1, 0.15) is 0 Å². The molecular formula is C14H11ClO3. The molecule has 0 aliphatic rings. The van der Waals surface area contributed by atoms with Crippen LogP contribution in [0.1, 0.15) is 15.9 Å². The third-order valence-corrected chi connectivity index (χ3v) is 3.00. The number of carboxylic acid groups (broad SMARTS) is 1. The number of carbonyl (C=O) groups is 1. The summed E-state index contributed by atoms with van der Waals surface area (Å²) in [6.45, 7) is -0.0126. The molecule has 2 N–H and O–H groups in total. The number of aliphatic hydroxyl groups is 1. The molecule has 0 spiro atoms. The fourth-order valence-corrected chi connectivity index (χ4v) is 1.87. The van der Waals surface area contributed by atoms with Crippen LogP contribution in [-0.4, -0.2) is 16.2 Å². The Morgan fingerprint density at radius 2 is 1.67 bits per heavy atom. The maximum atomic E-state index is 11.0. The maximum Gasteiger partial charge on any atom is 0.337 e. The molecule has 0 radical (unpaired) electrons. The molecule has 2 rings (SSSR count). The highest BCUT2D eigenvalue weighted by atomic mass is 35.5. The Morgan fingerprint density at radius 1 is 1.06 bits per heavy atom. The minimum absolute atomic E-state index is 0.0126. The summed E-state index contributed by atoms with van der Waals surface area (Å²) in [4.78, 5) is 11.0. The van der Waals surface area contributed by atoms with Crippen molar-refractivity contribution >= 4 is 17.6 Å². The normalized spacial score (nSPS) is 10.3. The van der Waals surface area contributed by atoms with Gasteiger partial charge in [0.2, 0.25) is 0 Å². The van der Waals surface area contributed by atoms with Gasteiger partial charge in [-0.3, -0.25) is 0 Å². The van der Waals surface area contributed by atoms with Crippen molar-refractivity contribution < 1.29 is 15.0 Å². The summed E-state index contributed by atoms with van der Waals surface area (Å²) >= 11 is 5.81. The summed E-state index contributed by atoms with van der Waals surface area (Å²) in [6.07, 6.45) is 0. The first kappa shape index (κ1) is 12.6. The molecular weight excluding hydrogens is 252 g/mol. The van der Waals surface area contributed by atoms with E-state index in [1.807, 2.05) is 12.1 Å². The van der Waals surface area contributed by atoms with Gasteiger partial charge in [-0.2, -0.15) is 0 Å². The Hall–Kier alpha value is -1.84. The van der Waals surface area contributed by atoms with E-state index in [9.17, 15) is 4.79 Å². The molecule has 0 heterocycles. The van der Waals surface area contributed by atoms with Gasteiger partial charge in [0.05, 0.1) is 17.2 Å². The molecule has 0 aliphatic carbocycles. The molecule has 2 aromatic carbocycles. The average molecular weight is 263 g/mol. The van der Waals surface area contributed by atoms with Gasteiger partial charge >= 0.3 is 5.97 Å². The molecule has 4 heteroatoms. The van der Waals surface area contributed by atoms with Crippen molar-refractivity contribution in [3.63, 3.8) is 0 Å². The standard InChI is InChI=1S/C14H11ClO3/c15-13-6-5-11(7-12(13)14(17)18)10-3-1-9(8-16)2-4-10/h1-7,16H,8H2,(H,17,18). The van der Waals surface area contributed by atoms with Crippen LogP contribution >= 0.6 is 11.6 Å². The SMILES string of the molecule is O=C(O)c1cc(-c2ccc(CO)cc2)ccc1Cl. The predicted molar refractivity (Wildman–Crippen MR) is 69.8 cm³/mol. The molecule has 18 heavy (non-hydrogen) atoms. The zero-order valence-corrected chi connectivity index (χ0v) is 10.2. The molecule has 0 aliphatic heterocycles. The van der Waals surface area contributed by atoms with E-state index in [4.69, 9.17) is 21.8 Å². The van der Waals surface area contributed by atoms with E-state index in [0.717, 1.165) is 16.7 Å². The van der Waals surface area contributed by atoms with Crippen LogP contribution in [0.4, 0.5) is 0 Å². The molecule has 92 valence electrons. The van der Waals surface area contributed by atoms with Gasteiger partial charge in [0.15, 0.2) is 0 Å². The first-order valence-corrected chi connectivity index (χ1v) is 5.72. The van der Waals surface area contributed by atoms with Crippen molar-refractivity contribution in [2.75, 3.05) is 0 Å². The lowest BCUT2D eigenvalue weighted by Crippen LogP contribution is -1.97. The van der Waals surface area contributed by atoms with Gasteiger partial charge in [-0.05, 0) is 28.8 Å². The van der Waals surface area contributed by atoms with Gasteiger partial charge < -0.3 is 10.2 Å². The zero-order valence-electron chi connectivity index (χ0n) is 9.43. The van der Waals surface area contributed by atoms with Crippen LogP contribution in [0.15, 0.2) is 42.5 Å². The topological polar surface area (TPSA) is 57.5 Å². The summed E-state index contributed by atoms with van der Waals surface area (Å²) in [5.74, 6) is -1.05. The molecule has 0 saturated heterocycles. The Balaban J connectivity index is 2.44. The minimum atomic E-state index is -1.05. The van der Waals surface area contributed by atoms with Crippen molar-refractivity contribution in [3.8, 4) is 11.1 Å². The number of rotatable bonds is 3. The van der Waals surface area contributed by atoms with E-state index in [1.54, 1.807) is 30.3 Å². The van der Waals surface area contributed by atoms with Crippen molar-refractivity contribution in [1.82, 2.24) is 0 Å². The zero-order chi connectivity index (χ0) is 13.1. The first-order valence-electron chi connectivity index (χ1n) is 5.35. The van der Waals surface area contributed by atoms with Gasteiger partial charge in [-0.15, -0.1) is 0 Å². The minimum Gasteiger partial charge on any atom is -0.478 e. The van der Waals surface area contributed by atoms with E-state index in [1.165, 1.54) is 0 Å². The maximum absolute atomic E-state index is 11.0. The highest BCUT2D eigenvalue weighted by molar-refractivity contribution is 6.33. The van der Waals surface area contributed by atoms with Gasteiger partial charge in [0, 0.05) is 0 Å². The number of benzene rings is 2. The van der Waals surface area contributed by atoms with Crippen molar-refractivity contribution in [2.45, 2.75) is 6.61 Å². The van der Waals surface area contributed by atoms with Crippen molar-refractivity contribution in [2.24, 2.45) is 0 Å². The lowest BCUT2D eigenvalue weighted by Gasteiger charge is -2.05. The number of hydrogen-bond acceptors (Lipinski definition) is 2. The molecule has 0 fully saturated rings. The lowest BCUT2D eigenvalue weighted by atomic mass is 10.0. The Morgan fingerprint density at radius 3 is 2.22 bits per heavy atom. The second kappa shape index (κ2) is 5.21. The fourth-order valence-electron chi connectivity index (χ4n) is 1.67. The third-order valence-electron chi connectivity index (χ3n) is 2.67. The molecule has 3 nitrogen and oxygen atoms in total. The van der Waals surface area contributed by atoms with E-state index in [-0.39, 0.29) is 17.2 Å². The predicted octanol–water partition coefficient (Wildman–Crippen LogP) is 3.20. The van der Waals surface area contributed by atoms with E-state index < -0.39 is 5.97 Å². The monoisotopic (exact) mass is 262 g/mol. The molecule has 0 saturated carbocycles. The average Bonchev–Trinajstić information content (AvgIpc) is 2.39. The lowest BCUT2D eigenvalue weighted by molar-refractivity contribution is 0.0697. The fraction of sp³-hybridized carbons (Fsp3) is 0.0714. The van der Waals surface area contributed by atoms with Crippen LogP contribution < -0.4 is 0 Å². The molecule has 0 unspecified atom stereocenters. The second-order valence-electron chi connectivity index (χ2n) is 3.85. The number of halogens is 1. The van der Waals surface area contributed by atoms with Gasteiger partial charge in [-0.1, -0.05) is 41.9 Å². The molecule has 2 aromatic rings. The van der Waals surface area contributed by atoms with Crippen molar-refractivity contribution in [1.29, 1.82) is 0 Å². The van der Waals surface area contributed by atoms with Crippen molar-refractivity contribution in [3.05, 3.63) is 58.6 Å². The Kier molecular flexibility index (Phi) is 3.65. The third kappa shape index (κ3) is 2.53. The first-order chi connectivity index (χ1) is 8.61. The summed E-state index contributed by atoms with van der Waals surface area (Å²) in [5, 5.41) is 18.2. The largest absolute Gasteiger partial charge is 0.478 e. The molecule has 0 amide bonds. The van der Waals surface area contributed by atoms with Gasteiger partial charge in [-0.25, -0.2) is 4.79 Å². The summed E-state index contributed by atoms with van der Waals surface area (Å²) in [7, 11) is 0. The smallest absolute Gasteiger partial charge is 0.337 e. The van der Waals surface area contributed by atoms with Crippen LogP contribution in [-0.2, 0) is 6.61 Å². The second-order valence-corrected chi connectivity index (χ2v) is 4.26. The summed E-state index contributed by atoms with van der Waals surface area (Å²) < 4.78 is 0. The molecule has 0 atom stereocenters. The van der Waals surface area contributed by atoms with Crippen LogP contribution in [0.2, 0.25) is 5.02 Å².